The zero-order chi connectivity index (χ0) is 29.4. The van der Waals surface area contributed by atoms with Crippen molar-refractivity contribution in [2.24, 2.45) is 0 Å². The number of carbonyl (C=O) groups excluding carboxylic acids is 2. The lowest BCUT2D eigenvalue weighted by atomic mass is 10.1. The summed E-state index contributed by atoms with van der Waals surface area (Å²) in [5, 5.41) is 3.64. The molecule has 1 N–H and O–H groups in total. The second kappa shape index (κ2) is 13.9. The van der Waals surface area contributed by atoms with Crippen LogP contribution < -0.4 is 14.4 Å². The number of hydrogen-bond acceptors (Lipinski definition) is 5. The molecule has 3 rings (SSSR count). The second-order valence-corrected chi connectivity index (χ2v) is 12.0. The molecule has 0 spiro atoms. The molecule has 0 unspecified atom stereocenters. The van der Waals surface area contributed by atoms with Crippen LogP contribution in [0.5, 0.6) is 5.75 Å². The van der Waals surface area contributed by atoms with Gasteiger partial charge in [0.2, 0.25) is 11.8 Å². The molecule has 0 radical (unpaired) electrons. The van der Waals surface area contributed by atoms with Crippen molar-refractivity contribution in [3.63, 3.8) is 0 Å². The Morgan fingerprint density at radius 1 is 0.975 bits per heavy atom. The molecule has 214 valence electrons. The van der Waals surface area contributed by atoms with Crippen molar-refractivity contribution in [1.82, 2.24) is 10.2 Å². The van der Waals surface area contributed by atoms with Gasteiger partial charge in [0.1, 0.15) is 18.3 Å². The lowest BCUT2D eigenvalue weighted by molar-refractivity contribution is -0.139. The molecule has 8 nitrogen and oxygen atoms in total. The molecule has 0 heterocycles. The maximum absolute atomic E-state index is 14.0. The number of benzene rings is 3. The molecule has 3 aromatic carbocycles. The van der Waals surface area contributed by atoms with Crippen LogP contribution in [0.1, 0.15) is 32.8 Å². The van der Waals surface area contributed by atoms with E-state index in [1.807, 2.05) is 13.8 Å². The lowest BCUT2D eigenvalue weighted by Crippen LogP contribution is -2.52. The van der Waals surface area contributed by atoms with E-state index < -0.39 is 28.5 Å². The Bertz CT molecular complexity index is 1440. The number of halogens is 2. The Morgan fingerprint density at radius 3 is 2.30 bits per heavy atom. The first kappa shape index (κ1) is 31.3. The highest BCUT2D eigenvalue weighted by molar-refractivity contribution is 7.92. The summed E-state index contributed by atoms with van der Waals surface area (Å²) in [6.07, 6.45) is 0.703. The van der Waals surface area contributed by atoms with Crippen molar-refractivity contribution in [2.45, 2.75) is 50.7 Å². The third-order valence-corrected chi connectivity index (χ3v) is 8.85. The van der Waals surface area contributed by atoms with Crippen molar-refractivity contribution in [2.75, 3.05) is 18.0 Å². The summed E-state index contributed by atoms with van der Waals surface area (Å²) in [7, 11) is -2.71. The van der Waals surface area contributed by atoms with Gasteiger partial charge in [-0.25, -0.2) is 8.42 Å². The summed E-state index contributed by atoms with van der Waals surface area (Å²) < 4.78 is 34.0. The third-order valence-electron chi connectivity index (χ3n) is 6.48. The summed E-state index contributed by atoms with van der Waals surface area (Å²) in [5.74, 6) is -0.545. The minimum atomic E-state index is -4.18. The predicted molar refractivity (Wildman–Crippen MR) is 158 cm³/mol. The molecule has 0 aliphatic rings. The summed E-state index contributed by atoms with van der Waals surface area (Å²) in [6, 6.07) is 18.1. The number of methoxy groups -OCH3 is 1. The molecule has 2 amide bonds. The topological polar surface area (TPSA) is 96.0 Å². The number of nitrogens with one attached hydrogen (secondary N) is 1. The fourth-order valence-electron chi connectivity index (χ4n) is 3.90. The van der Waals surface area contributed by atoms with Gasteiger partial charge >= 0.3 is 0 Å². The smallest absolute Gasteiger partial charge is 0.264 e. The molecule has 0 saturated heterocycles. The molecule has 40 heavy (non-hydrogen) atoms. The van der Waals surface area contributed by atoms with Crippen LogP contribution in [-0.4, -0.2) is 50.9 Å². The van der Waals surface area contributed by atoms with E-state index in [-0.39, 0.29) is 29.1 Å². The third kappa shape index (κ3) is 7.68. The summed E-state index contributed by atoms with van der Waals surface area (Å²) in [4.78, 5) is 28.5. The Morgan fingerprint density at radius 2 is 1.68 bits per heavy atom. The van der Waals surface area contributed by atoms with Gasteiger partial charge in [0.25, 0.3) is 10.0 Å². The van der Waals surface area contributed by atoms with E-state index >= 15 is 0 Å². The largest absolute Gasteiger partial charge is 0.497 e. The number of carbonyl (C=O) groups is 2. The van der Waals surface area contributed by atoms with E-state index in [4.69, 9.17) is 27.9 Å². The summed E-state index contributed by atoms with van der Waals surface area (Å²) in [5.41, 5.74) is 0.791. The molecule has 0 saturated carbocycles. The van der Waals surface area contributed by atoms with E-state index in [9.17, 15) is 18.0 Å². The van der Waals surface area contributed by atoms with Gasteiger partial charge in [-0.15, -0.1) is 0 Å². The quantitative estimate of drug-likeness (QED) is 0.293. The molecule has 0 fully saturated rings. The van der Waals surface area contributed by atoms with Crippen molar-refractivity contribution in [3.8, 4) is 5.75 Å². The fourth-order valence-corrected chi connectivity index (χ4v) is 5.79. The molecular formula is C29H33Cl2N3O5S. The van der Waals surface area contributed by atoms with Gasteiger partial charge in [-0.1, -0.05) is 60.5 Å². The number of amides is 2. The van der Waals surface area contributed by atoms with Crippen LogP contribution in [0.25, 0.3) is 0 Å². The molecule has 3 aromatic rings. The highest BCUT2D eigenvalue weighted by atomic mass is 35.5. The minimum absolute atomic E-state index is 0.0143. The van der Waals surface area contributed by atoms with Gasteiger partial charge in [-0.05, 0) is 62.2 Å². The van der Waals surface area contributed by atoms with E-state index in [1.165, 1.54) is 30.2 Å². The van der Waals surface area contributed by atoms with Gasteiger partial charge in [0.05, 0.1) is 17.7 Å². The minimum Gasteiger partial charge on any atom is -0.497 e. The van der Waals surface area contributed by atoms with Crippen molar-refractivity contribution in [3.05, 3.63) is 88.4 Å². The molecule has 2 atom stereocenters. The van der Waals surface area contributed by atoms with Gasteiger partial charge in [0, 0.05) is 28.7 Å². The normalized spacial score (nSPS) is 12.8. The predicted octanol–water partition coefficient (Wildman–Crippen LogP) is 5.53. The zero-order valence-corrected chi connectivity index (χ0v) is 25.1. The van der Waals surface area contributed by atoms with E-state index in [1.54, 1.807) is 61.5 Å². The van der Waals surface area contributed by atoms with Crippen molar-refractivity contribution < 1.29 is 22.7 Å². The Hall–Kier alpha value is -3.27. The van der Waals surface area contributed by atoms with Gasteiger partial charge in [0.15, 0.2) is 0 Å². The fraction of sp³-hybridized carbons (Fsp3) is 0.310. The maximum atomic E-state index is 14.0. The molecule has 11 heteroatoms. The first-order valence-electron chi connectivity index (χ1n) is 12.7. The first-order valence-corrected chi connectivity index (χ1v) is 14.9. The van der Waals surface area contributed by atoms with Crippen molar-refractivity contribution >= 4 is 50.7 Å². The van der Waals surface area contributed by atoms with Gasteiger partial charge in [-0.2, -0.15) is 0 Å². The molecule has 0 aromatic heterocycles. The number of ether oxygens (including phenoxy) is 1. The number of anilines is 1. The Kier molecular flexibility index (Phi) is 10.8. The highest BCUT2D eigenvalue weighted by Gasteiger charge is 2.33. The number of nitrogens with zero attached hydrogens (tertiary/aromatic N) is 2. The van der Waals surface area contributed by atoms with Crippen LogP contribution in [0.2, 0.25) is 10.0 Å². The Labute approximate surface area is 245 Å². The van der Waals surface area contributed by atoms with E-state index in [0.717, 1.165) is 4.31 Å². The molecule has 0 aliphatic heterocycles. The van der Waals surface area contributed by atoms with E-state index in [2.05, 4.69) is 5.32 Å². The highest BCUT2D eigenvalue weighted by Crippen LogP contribution is 2.28. The average molecular weight is 607 g/mol. The van der Waals surface area contributed by atoms with Crippen LogP contribution >= 0.6 is 23.2 Å². The molecular weight excluding hydrogens is 573 g/mol. The zero-order valence-electron chi connectivity index (χ0n) is 22.8. The maximum Gasteiger partial charge on any atom is 0.264 e. The molecule has 0 bridgehead atoms. The SMILES string of the molecule is CC[C@H](C)NC(=O)[C@@H](C)N(Cc1ccc(Cl)cc1Cl)C(=O)CN(c1cccc(OC)c1)S(=O)(=O)c1ccccc1. The number of rotatable bonds is 12. The second-order valence-electron chi connectivity index (χ2n) is 9.28. The van der Waals surface area contributed by atoms with Gasteiger partial charge < -0.3 is 15.0 Å². The summed E-state index contributed by atoms with van der Waals surface area (Å²) >= 11 is 12.5. The Balaban J connectivity index is 2.05. The average Bonchev–Trinajstić information content (AvgIpc) is 2.95. The van der Waals surface area contributed by atoms with Crippen LogP contribution in [0.15, 0.2) is 77.7 Å². The lowest BCUT2D eigenvalue weighted by Gasteiger charge is -2.32. The van der Waals surface area contributed by atoms with Crippen LogP contribution in [0.3, 0.4) is 0 Å². The monoisotopic (exact) mass is 605 g/mol. The van der Waals surface area contributed by atoms with Crippen LogP contribution in [0.4, 0.5) is 5.69 Å². The van der Waals surface area contributed by atoms with Gasteiger partial charge in [-0.3, -0.25) is 13.9 Å². The standard InChI is InChI=1S/C29H33Cl2N3O5S/c1-5-20(2)32-29(36)21(3)33(18-22-14-15-23(30)16-27(22)31)28(35)19-34(24-10-9-11-25(17-24)39-4)40(37,38)26-12-7-6-8-13-26/h6-17,20-21H,5,18-19H2,1-4H3,(H,32,36)/t20-,21+/m0/s1. The van der Waals surface area contributed by atoms with Crippen LogP contribution in [0, 0.1) is 0 Å². The van der Waals surface area contributed by atoms with E-state index in [0.29, 0.717) is 27.8 Å². The van der Waals surface area contributed by atoms with Crippen molar-refractivity contribution in [1.29, 1.82) is 0 Å². The summed E-state index contributed by atoms with van der Waals surface area (Å²) in [6.45, 7) is 4.79. The first-order chi connectivity index (χ1) is 19.0. The number of sulfonamides is 1. The molecule has 0 aliphatic carbocycles. The van der Waals surface area contributed by atoms with Crippen LogP contribution in [-0.2, 0) is 26.2 Å². The number of hydrogen-bond donors (Lipinski definition) is 1.